The number of aromatic nitrogens is 3. The van der Waals surface area contributed by atoms with Gasteiger partial charge in [-0.05, 0) is 63.8 Å². The lowest BCUT2D eigenvalue weighted by atomic mass is 10.1. The maximum Gasteiger partial charge on any atom is 0.230 e. The summed E-state index contributed by atoms with van der Waals surface area (Å²) >= 11 is 1.43. The molecule has 1 aromatic carbocycles. The Morgan fingerprint density at radius 3 is 2.57 bits per heavy atom. The Balaban J connectivity index is 1.62. The largest absolute Gasteiger partial charge is 0.483 e. The topological polar surface area (TPSA) is 69.0 Å². The van der Waals surface area contributed by atoms with Crippen molar-refractivity contribution in [2.75, 3.05) is 5.75 Å². The standard InChI is InChI=1S/C21H30N4O2S/c1-5-25-20(16(4)27-18-11-14(2)10-15(3)12-18)23-24-21(25)28-13-19(26)22-17-8-6-7-9-17/h10-12,16-17H,5-9,13H2,1-4H3,(H,22,26). The summed E-state index contributed by atoms with van der Waals surface area (Å²) in [7, 11) is 0. The first-order valence-electron chi connectivity index (χ1n) is 10.1. The number of nitrogens with one attached hydrogen (secondary N) is 1. The van der Waals surface area contributed by atoms with Crippen molar-refractivity contribution in [1.82, 2.24) is 20.1 Å². The van der Waals surface area contributed by atoms with Crippen LogP contribution in [0.5, 0.6) is 5.75 Å². The third-order valence-corrected chi connectivity index (χ3v) is 5.95. The predicted octanol–water partition coefficient (Wildman–Crippen LogP) is 4.21. The molecule has 1 N–H and O–H groups in total. The summed E-state index contributed by atoms with van der Waals surface area (Å²) in [4.78, 5) is 12.2. The molecule has 152 valence electrons. The van der Waals surface area contributed by atoms with Crippen LogP contribution in [0.1, 0.15) is 62.6 Å². The number of hydrogen-bond donors (Lipinski definition) is 1. The molecule has 1 amide bonds. The summed E-state index contributed by atoms with van der Waals surface area (Å²) < 4.78 is 8.15. The minimum absolute atomic E-state index is 0.0728. The highest BCUT2D eigenvalue weighted by atomic mass is 32.2. The lowest BCUT2D eigenvalue weighted by Crippen LogP contribution is -2.33. The second-order valence-electron chi connectivity index (χ2n) is 7.51. The van der Waals surface area contributed by atoms with Crippen molar-refractivity contribution in [2.24, 2.45) is 0 Å². The molecular weight excluding hydrogens is 372 g/mol. The Labute approximate surface area is 171 Å². The molecule has 28 heavy (non-hydrogen) atoms. The van der Waals surface area contributed by atoms with E-state index in [1.54, 1.807) is 0 Å². The SMILES string of the molecule is CCn1c(SCC(=O)NC2CCCC2)nnc1C(C)Oc1cc(C)cc(C)c1. The van der Waals surface area contributed by atoms with Crippen molar-refractivity contribution in [1.29, 1.82) is 0 Å². The van der Waals surface area contributed by atoms with Gasteiger partial charge in [0.1, 0.15) is 5.75 Å². The number of amides is 1. The van der Waals surface area contributed by atoms with Gasteiger partial charge < -0.3 is 14.6 Å². The average Bonchev–Trinajstić information content (AvgIpc) is 3.28. The third-order valence-electron chi connectivity index (χ3n) is 4.99. The average molecular weight is 403 g/mol. The molecule has 1 aliphatic carbocycles. The van der Waals surface area contributed by atoms with E-state index in [4.69, 9.17) is 4.74 Å². The molecule has 7 heteroatoms. The fourth-order valence-electron chi connectivity index (χ4n) is 3.73. The molecule has 1 heterocycles. The number of carbonyl (C=O) groups excluding carboxylic acids is 1. The van der Waals surface area contributed by atoms with Gasteiger partial charge in [0.15, 0.2) is 17.1 Å². The molecule has 0 radical (unpaired) electrons. The zero-order chi connectivity index (χ0) is 20.1. The van der Waals surface area contributed by atoms with E-state index in [9.17, 15) is 4.79 Å². The van der Waals surface area contributed by atoms with Gasteiger partial charge >= 0.3 is 0 Å². The molecule has 2 aromatic rings. The van der Waals surface area contributed by atoms with Gasteiger partial charge in [0.05, 0.1) is 5.75 Å². The van der Waals surface area contributed by atoms with Crippen LogP contribution in [0.4, 0.5) is 0 Å². The molecule has 1 aromatic heterocycles. The van der Waals surface area contributed by atoms with Gasteiger partial charge in [-0.3, -0.25) is 4.79 Å². The van der Waals surface area contributed by atoms with Crippen LogP contribution in [0.2, 0.25) is 0 Å². The predicted molar refractivity (Wildman–Crippen MR) is 112 cm³/mol. The zero-order valence-electron chi connectivity index (χ0n) is 17.2. The van der Waals surface area contributed by atoms with Crippen LogP contribution >= 0.6 is 11.8 Å². The fourth-order valence-corrected chi connectivity index (χ4v) is 4.55. The summed E-state index contributed by atoms with van der Waals surface area (Å²) in [6, 6.07) is 6.52. The van der Waals surface area contributed by atoms with Gasteiger partial charge in [-0.1, -0.05) is 30.7 Å². The van der Waals surface area contributed by atoms with Crippen LogP contribution in [0, 0.1) is 13.8 Å². The van der Waals surface area contributed by atoms with Gasteiger partial charge in [-0.25, -0.2) is 0 Å². The molecule has 1 aliphatic rings. The van der Waals surface area contributed by atoms with Crippen LogP contribution in [-0.2, 0) is 11.3 Å². The fraction of sp³-hybridized carbons (Fsp3) is 0.571. The molecule has 0 spiro atoms. The quantitative estimate of drug-likeness (QED) is 0.670. The third kappa shape index (κ3) is 5.28. The summed E-state index contributed by atoms with van der Waals surface area (Å²) in [6.45, 7) is 8.89. The normalized spacial score (nSPS) is 15.6. The van der Waals surface area contributed by atoms with E-state index in [1.165, 1.54) is 35.7 Å². The number of ether oxygens (including phenoxy) is 1. The highest BCUT2D eigenvalue weighted by molar-refractivity contribution is 7.99. The lowest BCUT2D eigenvalue weighted by molar-refractivity contribution is -0.119. The molecule has 1 fully saturated rings. The maximum absolute atomic E-state index is 12.2. The first-order valence-corrected chi connectivity index (χ1v) is 11.0. The molecular formula is C21H30N4O2S. The maximum atomic E-state index is 12.2. The minimum Gasteiger partial charge on any atom is -0.483 e. The number of nitrogens with zero attached hydrogens (tertiary/aromatic N) is 3. The molecule has 0 saturated heterocycles. The van der Waals surface area contributed by atoms with Gasteiger partial charge in [-0.15, -0.1) is 10.2 Å². The van der Waals surface area contributed by atoms with E-state index in [1.807, 2.05) is 23.6 Å². The van der Waals surface area contributed by atoms with E-state index in [0.29, 0.717) is 11.8 Å². The molecule has 1 unspecified atom stereocenters. The van der Waals surface area contributed by atoms with Crippen LogP contribution in [-0.4, -0.2) is 32.5 Å². The Kier molecular flexibility index (Phi) is 6.99. The van der Waals surface area contributed by atoms with Crippen molar-refractivity contribution in [3.63, 3.8) is 0 Å². The number of rotatable bonds is 8. The van der Waals surface area contributed by atoms with E-state index >= 15 is 0 Å². The summed E-state index contributed by atoms with van der Waals surface area (Å²) in [5.41, 5.74) is 2.34. The molecule has 0 bridgehead atoms. The highest BCUT2D eigenvalue weighted by Gasteiger charge is 2.21. The Bertz CT molecular complexity index is 794. The first kappa shape index (κ1) is 20.7. The van der Waals surface area contributed by atoms with Crippen molar-refractivity contribution >= 4 is 17.7 Å². The summed E-state index contributed by atoms with van der Waals surface area (Å²) in [5.74, 6) is 2.05. The second kappa shape index (κ2) is 9.45. The zero-order valence-corrected chi connectivity index (χ0v) is 18.0. The van der Waals surface area contributed by atoms with Crippen LogP contribution < -0.4 is 10.1 Å². The number of hydrogen-bond acceptors (Lipinski definition) is 5. The second-order valence-corrected chi connectivity index (χ2v) is 8.45. The van der Waals surface area contributed by atoms with E-state index in [-0.39, 0.29) is 12.0 Å². The lowest BCUT2D eigenvalue weighted by Gasteiger charge is -2.16. The van der Waals surface area contributed by atoms with Crippen molar-refractivity contribution in [3.8, 4) is 5.75 Å². The van der Waals surface area contributed by atoms with Crippen LogP contribution in [0.3, 0.4) is 0 Å². The number of carbonyl (C=O) groups is 1. The first-order chi connectivity index (χ1) is 13.5. The van der Waals surface area contributed by atoms with E-state index in [2.05, 4.69) is 42.4 Å². The molecule has 0 aliphatic heterocycles. The van der Waals surface area contributed by atoms with Gasteiger partial charge in [0.25, 0.3) is 0 Å². The Morgan fingerprint density at radius 2 is 1.93 bits per heavy atom. The van der Waals surface area contributed by atoms with E-state index < -0.39 is 0 Å². The minimum atomic E-state index is -0.227. The van der Waals surface area contributed by atoms with Gasteiger partial charge in [0, 0.05) is 12.6 Å². The summed E-state index contributed by atoms with van der Waals surface area (Å²) in [5, 5.41) is 12.5. The summed E-state index contributed by atoms with van der Waals surface area (Å²) in [6.07, 6.45) is 4.39. The van der Waals surface area contributed by atoms with Gasteiger partial charge in [0.2, 0.25) is 5.91 Å². The molecule has 1 atom stereocenters. The van der Waals surface area contributed by atoms with Crippen LogP contribution in [0.25, 0.3) is 0 Å². The smallest absolute Gasteiger partial charge is 0.230 e. The Morgan fingerprint density at radius 1 is 1.25 bits per heavy atom. The number of thioether (sulfide) groups is 1. The van der Waals surface area contributed by atoms with Crippen molar-refractivity contribution in [2.45, 2.75) is 77.2 Å². The van der Waals surface area contributed by atoms with Crippen molar-refractivity contribution < 1.29 is 9.53 Å². The number of aryl methyl sites for hydroxylation is 2. The number of benzene rings is 1. The molecule has 6 nitrogen and oxygen atoms in total. The van der Waals surface area contributed by atoms with Crippen LogP contribution in [0.15, 0.2) is 23.4 Å². The van der Waals surface area contributed by atoms with Gasteiger partial charge in [-0.2, -0.15) is 0 Å². The molecule has 1 saturated carbocycles. The van der Waals surface area contributed by atoms with E-state index in [0.717, 1.165) is 36.1 Å². The Hall–Kier alpha value is -2.02. The van der Waals surface area contributed by atoms with Crippen molar-refractivity contribution in [3.05, 3.63) is 35.2 Å². The highest BCUT2D eigenvalue weighted by Crippen LogP contribution is 2.26. The molecule has 3 rings (SSSR count). The monoisotopic (exact) mass is 402 g/mol.